The molecule has 0 aliphatic rings. The molecule has 0 aliphatic heterocycles. The number of rotatable bonds is 6. The van der Waals surface area contributed by atoms with Crippen LogP contribution in [-0.4, -0.2) is 18.7 Å². The molecule has 1 rings (SSSR count). The highest BCUT2D eigenvalue weighted by Gasteiger charge is 2.02. The lowest BCUT2D eigenvalue weighted by molar-refractivity contribution is 0.0520. The molecular weight excluding hydrogens is 186 g/mol. The van der Waals surface area contributed by atoms with Gasteiger partial charge in [-0.3, -0.25) is 0 Å². The summed E-state index contributed by atoms with van der Waals surface area (Å²) >= 11 is 0. The fourth-order valence-corrected chi connectivity index (χ4v) is 1.27. The second-order valence-electron chi connectivity index (χ2n) is 4.17. The molecule has 0 saturated carbocycles. The summed E-state index contributed by atoms with van der Waals surface area (Å²) < 4.78 is 5.72. The fraction of sp³-hybridized carbons (Fsp3) is 0.538. The summed E-state index contributed by atoms with van der Waals surface area (Å²) in [6, 6.07) is 10.8. The van der Waals surface area contributed by atoms with Gasteiger partial charge in [0.15, 0.2) is 0 Å². The first-order chi connectivity index (χ1) is 7.18. The highest BCUT2D eigenvalue weighted by molar-refractivity contribution is 5.13. The summed E-state index contributed by atoms with van der Waals surface area (Å²) in [6.45, 7) is 7.98. The molecule has 0 bridgehead atoms. The van der Waals surface area contributed by atoms with E-state index in [-0.39, 0.29) is 6.10 Å². The van der Waals surface area contributed by atoms with Gasteiger partial charge in [-0.2, -0.15) is 0 Å². The number of nitrogens with one attached hydrogen (secondary N) is 1. The Morgan fingerprint density at radius 3 is 2.40 bits per heavy atom. The summed E-state index contributed by atoms with van der Waals surface area (Å²) in [5.41, 5.74) is 1.23. The lowest BCUT2D eigenvalue weighted by Crippen LogP contribution is -2.31. The molecule has 2 heteroatoms. The molecule has 1 unspecified atom stereocenters. The minimum atomic E-state index is 0.257. The summed E-state index contributed by atoms with van der Waals surface area (Å²) in [6.07, 6.45) is 0.257. The first-order valence-electron chi connectivity index (χ1n) is 5.57. The topological polar surface area (TPSA) is 21.3 Å². The van der Waals surface area contributed by atoms with E-state index in [0.717, 1.165) is 6.54 Å². The van der Waals surface area contributed by atoms with Crippen molar-refractivity contribution >= 4 is 0 Å². The molecule has 0 saturated heterocycles. The third-order valence-corrected chi connectivity index (χ3v) is 2.19. The summed E-state index contributed by atoms with van der Waals surface area (Å²) in [5.74, 6) is 0. The summed E-state index contributed by atoms with van der Waals surface area (Å²) in [4.78, 5) is 0. The highest BCUT2D eigenvalue weighted by Crippen LogP contribution is 2.02. The van der Waals surface area contributed by atoms with Gasteiger partial charge in [-0.05, 0) is 12.5 Å². The van der Waals surface area contributed by atoms with Gasteiger partial charge in [0.25, 0.3) is 0 Å². The molecule has 0 heterocycles. The predicted octanol–water partition coefficient (Wildman–Crippen LogP) is 2.59. The fourth-order valence-electron chi connectivity index (χ4n) is 1.27. The van der Waals surface area contributed by atoms with Crippen molar-refractivity contribution in [3.05, 3.63) is 35.9 Å². The Bertz CT molecular complexity index is 258. The van der Waals surface area contributed by atoms with Gasteiger partial charge in [0.05, 0.1) is 12.7 Å². The Morgan fingerprint density at radius 1 is 1.13 bits per heavy atom. The minimum absolute atomic E-state index is 0.257. The highest BCUT2D eigenvalue weighted by atomic mass is 16.5. The van der Waals surface area contributed by atoms with Crippen LogP contribution in [-0.2, 0) is 11.3 Å². The third kappa shape index (κ3) is 5.55. The van der Waals surface area contributed by atoms with E-state index in [4.69, 9.17) is 4.74 Å². The largest absolute Gasteiger partial charge is 0.373 e. The van der Waals surface area contributed by atoms with Crippen molar-refractivity contribution in [3.8, 4) is 0 Å². The molecular formula is C13H21NO. The van der Waals surface area contributed by atoms with Crippen LogP contribution >= 0.6 is 0 Å². The van der Waals surface area contributed by atoms with Crippen LogP contribution in [0.25, 0.3) is 0 Å². The Morgan fingerprint density at radius 2 is 1.80 bits per heavy atom. The Labute approximate surface area is 92.6 Å². The van der Waals surface area contributed by atoms with Crippen molar-refractivity contribution in [1.82, 2.24) is 5.32 Å². The normalized spacial score (nSPS) is 13.1. The molecule has 0 aliphatic carbocycles. The lowest BCUT2D eigenvalue weighted by atomic mass is 10.2. The van der Waals surface area contributed by atoms with Gasteiger partial charge >= 0.3 is 0 Å². The van der Waals surface area contributed by atoms with Crippen LogP contribution in [0.1, 0.15) is 26.3 Å². The second kappa shape index (κ2) is 6.59. The average Bonchev–Trinajstić information content (AvgIpc) is 2.25. The smallest absolute Gasteiger partial charge is 0.0721 e. The van der Waals surface area contributed by atoms with Crippen molar-refractivity contribution in [1.29, 1.82) is 0 Å². The van der Waals surface area contributed by atoms with Gasteiger partial charge < -0.3 is 10.1 Å². The molecule has 1 aromatic carbocycles. The number of benzene rings is 1. The van der Waals surface area contributed by atoms with Gasteiger partial charge in [0.1, 0.15) is 0 Å². The van der Waals surface area contributed by atoms with Gasteiger partial charge in [-0.15, -0.1) is 0 Å². The average molecular weight is 207 g/mol. The van der Waals surface area contributed by atoms with E-state index in [1.54, 1.807) is 0 Å². The number of hydrogen-bond acceptors (Lipinski definition) is 2. The van der Waals surface area contributed by atoms with E-state index in [2.05, 4.69) is 38.2 Å². The molecule has 84 valence electrons. The van der Waals surface area contributed by atoms with E-state index in [1.165, 1.54) is 5.56 Å². The summed E-state index contributed by atoms with van der Waals surface area (Å²) in [5, 5.41) is 3.36. The molecule has 1 aromatic rings. The quantitative estimate of drug-likeness (QED) is 0.774. The SMILES string of the molecule is CC(C)NCC(C)OCc1ccccc1. The maximum atomic E-state index is 5.72. The van der Waals surface area contributed by atoms with Crippen LogP contribution in [0, 0.1) is 0 Å². The van der Waals surface area contributed by atoms with Crippen LogP contribution in [0.5, 0.6) is 0 Å². The second-order valence-corrected chi connectivity index (χ2v) is 4.17. The van der Waals surface area contributed by atoms with Gasteiger partial charge in [0, 0.05) is 12.6 Å². The van der Waals surface area contributed by atoms with Gasteiger partial charge in [-0.25, -0.2) is 0 Å². The van der Waals surface area contributed by atoms with Gasteiger partial charge in [0.2, 0.25) is 0 Å². The van der Waals surface area contributed by atoms with E-state index >= 15 is 0 Å². The van der Waals surface area contributed by atoms with Crippen molar-refractivity contribution < 1.29 is 4.74 Å². The van der Waals surface area contributed by atoms with E-state index in [9.17, 15) is 0 Å². The molecule has 0 aromatic heterocycles. The molecule has 0 radical (unpaired) electrons. The first kappa shape index (κ1) is 12.2. The standard InChI is InChI=1S/C13H21NO/c1-11(2)14-9-12(3)15-10-13-7-5-4-6-8-13/h4-8,11-12,14H,9-10H2,1-3H3. The van der Waals surface area contributed by atoms with Crippen LogP contribution < -0.4 is 5.32 Å². The molecule has 1 atom stereocenters. The first-order valence-corrected chi connectivity index (χ1v) is 5.57. The Balaban J connectivity index is 2.19. The molecule has 0 fully saturated rings. The molecule has 0 spiro atoms. The van der Waals surface area contributed by atoms with E-state index < -0.39 is 0 Å². The van der Waals surface area contributed by atoms with Crippen LogP contribution in [0.2, 0.25) is 0 Å². The predicted molar refractivity (Wildman–Crippen MR) is 63.8 cm³/mol. The van der Waals surface area contributed by atoms with Crippen LogP contribution in [0.4, 0.5) is 0 Å². The zero-order valence-corrected chi connectivity index (χ0v) is 9.86. The zero-order chi connectivity index (χ0) is 11.1. The Kier molecular flexibility index (Phi) is 5.37. The van der Waals surface area contributed by atoms with E-state index in [1.807, 2.05) is 18.2 Å². The monoisotopic (exact) mass is 207 g/mol. The van der Waals surface area contributed by atoms with E-state index in [0.29, 0.717) is 12.6 Å². The third-order valence-electron chi connectivity index (χ3n) is 2.19. The van der Waals surface area contributed by atoms with Crippen molar-refractivity contribution in [2.24, 2.45) is 0 Å². The van der Waals surface area contributed by atoms with Crippen molar-refractivity contribution in [3.63, 3.8) is 0 Å². The van der Waals surface area contributed by atoms with Crippen molar-refractivity contribution in [2.75, 3.05) is 6.54 Å². The van der Waals surface area contributed by atoms with Crippen LogP contribution in [0.3, 0.4) is 0 Å². The zero-order valence-electron chi connectivity index (χ0n) is 9.86. The lowest BCUT2D eigenvalue weighted by Gasteiger charge is -2.15. The Hall–Kier alpha value is -0.860. The maximum absolute atomic E-state index is 5.72. The molecule has 1 N–H and O–H groups in total. The molecule has 0 amide bonds. The van der Waals surface area contributed by atoms with Gasteiger partial charge in [-0.1, -0.05) is 44.2 Å². The summed E-state index contributed by atoms with van der Waals surface area (Å²) in [7, 11) is 0. The maximum Gasteiger partial charge on any atom is 0.0721 e. The number of hydrogen-bond donors (Lipinski definition) is 1. The molecule has 2 nitrogen and oxygen atoms in total. The van der Waals surface area contributed by atoms with Crippen LogP contribution in [0.15, 0.2) is 30.3 Å². The van der Waals surface area contributed by atoms with Crippen molar-refractivity contribution in [2.45, 2.75) is 39.5 Å². The minimum Gasteiger partial charge on any atom is -0.373 e. The molecule has 15 heavy (non-hydrogen) atoms. The number of ether oxygens (including phenoxy) is 1.